The lowest BCUT2D eigenvalue weighted by Crippen LogP contribution is -2.51. The van der Waals surface area contributed by atoms with Crippen molar-refractivity contribution in [2.24, 2.45) is 5.92 Å². The Balaban J connectivity index is 4.42. The molecule has 0 saturated carbocycles. The fourth-order valence-corrected chi connectivity index (χ4v) is 1.11. The van der Waals surface area contributed by atoms with Crippen molar-refractivity contribution in [3.63, 3.8) is 0 Å². The zero-order valence-corrected chi connectivity index (χ0v) is 9.63. The van der Waals surface area contributed by atoms with E-state index in [0.717, 1.165) is 6.21 Å². The zero-order chi connectivity index (χ0) is 12.0. The van der Waals surface area contributed by atoms with E-state index in [1.54, 1.807) is 6.92 Å². The molecule has 0 aliphatic heterocycles. The molecule has 0 heterocycles. The minimum Gasteiger partial charge on any atom is -0.347 e. The maximum Gasteiger partial charge on any atom is 0.243 e. The molecule has 0 aromatic heterocycles. The van der Waals surface area contributed by atoms with Gasteiger partial charge in [-0.1, -0.05) is 13.8 Å². The van der Waals surface area contributed by atoms with E-state index in [1.165, 1.54) is 6.92 Å². The van der Waals surface area contributed by atoms with Gasteiger partial charge < -0.3 is 16.0 Å². The molecule has 0 saturated heterocycles. The van der Waals surface area contributed by atoms with Gasteiger partial charge in [-0.25, -0.2) is 0 Å². The van der Waals surface area contributed by atoms with Crippen molar-refractivity contribution in [1.82, 2.24) is 10.6 Å². The van der Waals surface area contributed by atoms with Crippen LogP contribution in [0.1, 0.15) is 27.7 Å². The molecule has 86 valence electrons. The van der Waals surface area contributed by atoms with Crippen LogP contribution >= 0.6 is 0 Å². The van der Waals surface area contributed by atoms with Crippen LogP contribution in [0.15, 0.2) is 0 Å². The van der Waals surface area contributed by atoms with Gasteiger partial charge in [0.2, 0.25) is 11.8 Å². The van der Waals surface area contributed by atoms with Crippen molar-refractivity contribution in [2.45, 2.75) is 39.8 Å². The molecule has 5 nitrogen and oxygen atoms in total. The maximum atomic E-state index is 11.7. The van der Waals surface area contributed by atoms with Crippen molar-refractivity contribution in [3.8, 4) is 0 Å². The first-order valence-corrected chi connectivity index (χ1v) is 4.96. The molecule has 0 aromatic carbocycles. The molecule has 0 spiro atoms. The van der Waals surface area contributed by atoms with E-state index in [9.17, 15) is 9.59 Å². The smallest absolute Gasteiger partial charge is 0.243 e. The molecule has 0 bridgehead atoms. The minimum absolute atomic E-state index is 0.0202. The fraction of sp³-hybridized carbons (Fsp3) is 0.700. The van der Waals surface area contributed by atoms with Crippen LogP contribution in [-0.2, 0) is 9.59 Å². The van der Waals surface area contributed by atoms with Gasteiger partial charge in [0.05, 0.1) is 6.04 Å². The summed E-state index contributed by atoms with van der Waals surface area (Å²) in [5, 5.41) is 12.2. The van der Waals surface area contributed by atoms with Crippen LogP contribution in [0.3, 0.4) is 0 Å². The standard InChI is InChI=1S/C10H19N3O2/c1-6(2)9(13-8(4)14)10(15)12-7(3)5-11/h5-7,9,11H,1-4H3,(H,12,15)(H,13,14). The number of hydrogen-bond acceptors (Lipinski definition) is 3. The highest BCUT2D eigenvalue weighted by Crippen LogP contribution is 2.01. The van der Waals surface area contributed by atoms with Crippen molar-refractivity contribution in [1.29, 1.82) is 5.41 Å². The summed E-state index contributed by atoms with van der Waals surface area (Å²) in [5.74, 6) is -0.464. The van der Waals surface area contributed by atoms with Gasteiger partial charge in [0.15, 0.2) is 0 Å². The summed E-state index contributed by atoms with van der Waals surface area (Å²) in [5.41, 5.74) is 0. The average molecular weight is 213 g/mol. The Morgan fingerprint density at radius 1 is 1.20 bits per heavy atom. The molecule has 0 rings (SSSR count). The van der Waals surface area contributed by atoms with Gasteiger partial charge >= 0.3 is 0 Å². The van der Waals surface area contributed by atoms with Crippen LogP contribution in [0.2, 0.25) is 0 Å². The third kappa shape index (κ3) is 5.15. The summed E-state index contributed by atoms with van der Waals surface area (Å²) >= 11 is 0. The van der Waals surface area contributed by atoms with Gasteiger partial charge in [-0.15, -0.1) is 0 Å². The molecule has 2 unspecified atom stereocenters. The van der Waals surface area contributed by atoms with Crippen LogP contribution in [0.25, 0.3) is 0 Å². The van der Waals surface area contributed by atoms with E-state index in [4.69, 9.17) is 5.41 Å². The van der Waals surface area contributed by atoms with E-state index in [0.29, 0.717) is 0 Å². The molecular formula is C10H19N3O2. The summed E-state index contributed by atoms with van der Waals surface area (Å²) in [6.07, 6.45) is 1.14. The lowest BCUT2D eigenvalue weighted by molar-refractivity contribution is -0.129. The molecule has 0 fully saturated rings. The number of carbonyl (C=O) groups is 2. The Morgan fingerprint density at radius 2 is 1.73 bits per heavy atom. The Bertz CT molecular complexity index is 251. The lowest BCUT2D eigenvalue weighted by atomic mass is 10.0. The molecule has 5 heteroatoms. The first kappa shape index (κ1) is 13.6. The molecule has 3 N–H and O–H groups in total. The van der Waals surface area contributed by atoms with E-state index in [-0.39, 0.29) is 23.8 Å². The monoisotopic (exact) mass is 213 g/mol. The molecule has 2 atom stereocenters. The average Bonchev–Trinajstić information content (AvgIpc) is 2.12. The largest absolute Gasteiger partial charge is 0.347 e. The SMILES string of the molecule is CC(=O)NC(C(=O)NC(C)C=N)C(C)C. The number of amides is 2. The first-order chi connectivity index (χ1) is 6.88. The molecule has 0 radical (unpaired) electrons. The molecule has 0 aliphatic rings. The van der Waals surface area contributed by atoms with Crippen LogP contribution in [0.5, 0.6) is 0 Å². The van der Waals surface area contributed by atoms with Crippen LogP contribution in [0, 0.1) is 11.3 Å². The fourth-order valence-electron chi connectivity index (χ4n) is 1.11. The Morgan fingerprint density at radius 3 is 2.07 bits per heavy atom. The molecular weight excluding hydrogens is 194 g/mol. The van der Waals surface area contributed by atoms with E-state index >= 15 is 0 Å². The lowest BCUT2D eigenvalue weighted by Gasteiger charge is -2.22. The number of nitrogens with one attached hydrogen (secondary N) is 3. The van der Waals surface area contributed by atoms with Gasteiger partial charge in [0.25, 0.3) is 0 Å². The summed E-state index contributed by atoms with van der Waals surface area (Å²) in [6.45, 7) is 6.79. The Hall–Kier alpha value is -1.39. The van der Waals surface area contributed by atoms with E-state index in [1.807, 2.05) is 13.8 Å². The highest BCUT2D eigenvalue weighted by Gasteiger charge is 2.23. The summed E-state index contributed by atoms with van der Waals surface area (Å²) in [4.78, 5) is 22.5. The summed E-state index contributed by atoms with van der Waals surface area (Å²) in [6, 6.07) is -0.850. The molecule has 15 heavy (non-hydrogen) atoms. The quantitative estimate of drug-likeness (QED) is 0.574. The van der Waals surface area contributed by atoms with Crippen molar-refractivity contribution in [3.05, 3.63) is 0 Å². The predicted molar refractivity (Wildman–Crippen MR) is 58.8 cm³/mol. The second kappa shape index (κ2) is 6.16. The number of hydrogen-bond donors (Lipinski definition) is 3. The van der Waals surface area contributed by atoms with Crippen LogP contribution < -0.4 is 10.6 Å². The van der Waals surface area contributed by atoms with Gasteiger partial charge in [0.1, 0.15) is 6.04 Å². The van der Waals surface area contributed by atoms with Crippen LogP contribution in [-0.4, -0.2) is 30.1 Å². The van der Waals surface area contributed by atoms with Crippen molar-refractivity contribution < 1.29 is 9.59 Å². The highest BCUT2D eigenvalue weighted by molar-refractivity contribution is 5.88. The number of carbonyl (C=O) groups excluding carboxylic acids is 2. The zero-order valence-electron chi connectivity index (χ0n) is 9.63. The van der Waals surface area contributed by atoms with Gasteiger partial charge in [-0.05, 0) is 12.8 Å². The topological polar surface area (TPSA) is 82.1 Å². The highest BCUT2D eigenvalue weighted by atomic mass is 16.2. The molecule has 0 aliphatic carbocycles. The van der Waals surface area contributed by atoms with Gasteiger partial charge in [0, 0.05) is 13.1 Å². The third-order valence-corrected chi connectivity index (χ3v) is 1.93. The predicted octanol–water partition coefficient (Wildman–Crippen LogP) is 0.301. The summed E-state index contributed by atoms with van der Waals surface area (Å²) in [7, 11) is 0. The number of rotatable bonds is 5. The molecule has 0 aromatic rings. The maximum absolute atomic E-state index is 11.7. The normalized spacial score (nSPS) is 14.2. The van der Waals surface area contributed by atoms with E-state index < -0.39 is 6.04 Å². The van der Waals surface area contributed by atoms with Gasteiger partial charge in [-0.3, -0.25) is 9.59 Å². The van der Waals surface area contributed by atoms with E-state index in [2.05, 4.69) is 10.6 Å². The van der Waals surface area contributed by atoms with Gasteiger partial charge in [-0.2, -0.15) is 0 Å². The second-order valence-electron chi connectivity index (χ2n) is 3.89. The van der Waals surface area contributed by atoms with Crippen LogP contribution in [0.4, 0.5) is 0 Å². The summed E-state index contributed by atoms with van der Waals surface area (Å²) < 4.78 is 0. The Kier molecular flexibility index (Phi) is 5.59. The first-order valence-electron chi connectivity index (χ1n) is 4.96. The second-order valence-corrected chi connectivity index (χ2v) is 3.89. The minimum atomic E-state index is -0.537. The third-order valence-electron chi connectivity index (χ3n) is 1.93. The van der Waals surface area contributed by atoms with Crippen molar-refractivity contribution in [2.75, 3.05) is 0 Å². The Labute approximate surface area is 90.1 Å². The molecule has 2 amide bonds. The van der Waals surface area contributed by atoms with Crippen molar-refractivity contribution >= 4 is 18.0 Å².